The predicted octanol–water partition coefficient (Wildman–Crippen LogP) is 2.00. The number of amides is 1. The molecule has 0 aliphatic heterocycles. The van der Waals surface area contributed by atoms with E-state index >= 15 is 0 Å². The highest BCUT2D eigenvalue weighted by Gasteiger charge is 2.34. The van der Waals surface area contributed by atoms with Crippen LogP contribution in [0.1, 0.15) is 36.0 Å². The number of nitrogens with one attached hydrogen (secondary N) is 1. The minimum atomic E-state index is -1.04. The maximum Gasteiger partial charge on any atom is 0.328 e. The monoisotopic (exact) mass is 325 g/mol. The molecule has 1 aromatic carbocycles. The Morgan fingerprint density at radius 2 is 2.09 bits per heavy atom. The molecule has 1 saturated carbocycles. The Balaban J connectivity index is 2.18. The number of hydrogen-bond acceptors (Lipinski definition) is 4. The van der Waals surface area contributed by atoms with E-state index in [9.17, 15) is 23.2 Å². The Labute approximate surface area is 132 Å². The molecular formula is C16H17F2NO4. The predicted molar refractivity (Wildman–Crippen MR) is 76.6 cm³/mol. The number of benzene rings is 1. The van der Waals surface area contributed by atoms with Crippen LogP contribution in [0.2, 0.25) is 0 Å². The maximum absolute atomic E-state index is 13.7. The molecule has 7 heteroatoms. The quantitative estimate of drug-likeness (QED) is 0.860. The molecule has 0 heterocycles. The fourth-order valence-electron chi connectivity index (χ4n) is 2.73. The molecule has 5 nitrogen and oxygen atoms in total. The van der Waals surface area contributed by atoms with Crippen molar-refractivity contribution in [3.05, 3.63) is 35.4 Å². The van der Waals surface area contributed by atoms with Crippen molar-refractivity contribution in [1.82, 2.24) is 5.32 Å². The van der Waals surface area contributed by atoms with Crippen molar-refractivity contribution in [3.63, 3.8) is 0 Å². The van der Waals surface area contributed by atoms with Crippen molar-refractivity contribution in [3.8, 4) is 0 Å². The van der Waals surface area contributed by atoms with Gasteiger partial charge in [0.15, 0.2) is 0 Å². The first-order chi connectivity index (χ1) is 10.9. The van der Waals surface area contributed by atoms with Crippen LogP contribution >= 0.6 is 0 Å². The molecule has 1 aliphatic rings. The van der Waals surface area contributed by atoms with Gasteiger partial charge in [-0.1, -0.05) is 0 Å². The molecule has 0 aromatic heterocycles. The van der Waals surface area contributed by atoms with Crippen molar-refractivity contribution in [2.45, 2.75) is 31.7 Å². The molecule has 0 unspecified atom stereocenters. The maximum atomic E-state index is 13.7. The fourth-order valence-corrected chi connectivity index (χ4v) is 2.73. The Morgan fingerprint density at radius 1 is 1.35 bits per heavy atom. The highest BCUT2D eigenvalue weighted by Crippen LogP contribution is 2.25. The number of hydrogen-bond donors (Lipinski definition) is 1. The number of carbonyl (C=O) groups excluding carboxylic acids is 3. The molecule has 2 rings (SSSR count). The summed E-state index contributed by atoms with van der Waals surface area (Å²) in [6.45, 7) is 0. The molecular weight excluding hydrogens is 308 g/mol. The highest BCUT2D eigenvalue weighted by atomic mass is 19.1. The molecule has 0 bridgehead atoms. The summed E-state index contributed by atoms with van der Waals surface area (Å²) in [5.74, 6) is -3.75. The summed E-state index contributed by atoms with van der Waals surface area (Å²) >= 11 is 0. The third kappa shape index (κ3) is 4.12. The lowest BCUT2D eigenvalue weighted by atomic mass is 9.83. The summed E-state index contributed by atoms with van der Waals surface area (Å²) in [4.78, 5) is 35.7. The van der Waals surface area contributed by atoms with E-state index in [2.05, 4.69) is 10.1 Å². The number of Topliss-reactive ketones (excluding diaryl/α,β-unsaturated/α-hetero) is 1. The second kappa shape index (κ2) is 7.30. The lowest BCUT2D eigenvalue weighted by Gasteiger charge is -2.28. The molecule has 124 valence electrons. The average Bonchev–Trinajstić information content (AvgIpc) is 2.51. The third-order valence-electron chi connectivity index (χ3n) is 3.91. The minimum Gasteiger partial charge on any atom is -0.467 e. The lowest BCUT2D eigenvalue weighted by molar-refractivity contribution is -0.145. The zero-order valence-electron chi connectivity index (χ0n) is 12.6. The van der Waals surface area contributed by atoms with Gasteiger partial charge in [-0.25, -0.2) is 13.6 Å². The number of carbonyl (C=O) groups is 3. The van der Waals surface area contributed by atoms with Crippen molar-refractivity contribution < 1.29 is 27.9 Å². The van der Waals surface area contributed by atoms with Gasteiger partial charge in [0.1, 0.15) is 23.5 Å². The molecule has 2 atom stereocenters. The van der Waals surface area contributed by atoms with Gasteiger partial charge < -0.3 is 10.1 Å². The van der Waals surface area contributed by atoms with Gasteiger partial charge in [-0.2, -0.15) is 0 Å². The van der Waals surface area contributed by atoms with Crippen LogP contribution in [0.25, 0.3) is 0 Å². The Bertz CT molecular complexity index is 633. The summed E-state index contributed by atoms with van der Waals surface area (Å²) < 4.78 is 31.2. The zero-order valence-corrected chi connectivity index (χ0v) is 12.6. The van der Waals surface area contributed by atoms with Crippen molar-refractivity contribution >= 4 is 17.7 Å². The van der Waals surface area contributed by atoms with Crippen LogP contribution in [0.15, 0.2) is 18.2 Å². The van der Waals surface area contributed by atoms with Crippen LogP contribution in [-0.4, -0.2) is 30.8 Å². The second-order valence-corrected chi connectivity index (χ2v) is 5.49. The molecule has 1 aliphatic carbocycles. The van der Waals surface area contributed by atoms with Gasteiger partial charge in [-0.3, -0.25) is 9.59 Å². The van der Waals surface area contributed by atoms with E-state index in [1.165, 1.54) is 7.11 Å². The molecule has 0 spiro atoms. The molecule has 0 saturated heterocycles. The fraction of sp³-hybridized carbons (Fsp3) is 0.438. The minimum absolute atomic E-state index is 0.0114. The molecule has 23 heavy (non-hydrogen) atoms. The summed E-state index contributed by atoms with van der Waals surface area (Å²) in [5.41, 5.74) is -0.373. The number of rotatable bonds is 4. The van der Waals surface area contributed by atoms with E-state index in [4.69, 9.17) is 0 Å². The van der Waals surface area contributed by atoms with Gasteiger partial charge in [0.25, 0.3) is 5.91 Å². The van der Waals surface area contributed by atoms with Crippen LogP contribution in [0.5, 0.6) is 0 Å². The van der Waals surface area contributed by atoms with Crippen molar-refractivity contribution in [2.75, 3.05) is 7.11 Å². The van der Waals surface area contributed by atoms with E-state index in [1.54, 1.807) is 0 Å². The van der Waals surface area contributed by atoms with E-state index < -0.39 is 35.5 Å². The van der Waals surface area contributed by atoms with E-state index in [0.29, 0.717) is 25.3 Å². The van der Waals surface area contributed by atoms with Gasteiger partial charge in [0.05, 0.1) is 12.7 Å². The number of ketones is 1. The van der Waals surface area contributed by atoms with Gasteiger partial charge in [-0.05, 0) is 30.9 Å². The van der Waals surface area contributed by atoms with E-state index in [0.717, 1.165) is 12.1 Å². The smallest absolute Gasteiger partial charge is 0.328 e. The molecule has 1 aromatic rings. The van der Waals surface area contributed by atoms with Crippen LogP contribution in [0.3, 0.4) is 0 Å². The van der Waals surface area contributed by atoms with Gasteiger partial charge >= 0.3 is 5.97 Å². The van der Waals surface area contributed by atoms with Crippen molar-refractivity contribution in [1.29, 1.82) is 0 Å². The first-order valence-corrected chi connectivity index (χ1v) is 7.28. The van der Waals surface area contributed by atoms with E-state index in [1.807, 2.05) is 0 Å². The van der Waals surface area contributed by atoms with Crippen LogP contribution in [0.4, 0.5) is 8.78 Å². The standard InChI is InChI=1S/C16H17F2NO4/c1-23-16(22)14(9-3-2-4-11(20)7-9)19-15(21)12-6-5-10(17)8-13(12)18/h5-6,8-9,14H,2-4,7H2,1H3,(H,19,21)/t9-,14+/m1/s1. The molecule has 0 radical (unpaired) electrons. The highest BCUT2D eigenvalue weighted by molar-refractivity contribution is 5.97. The van der Waals surface area contributed by atoms with Gasteiger partial charge in [0, 0.05) is 18.9 Å². The number of halogens is 2. The summed E-state index contributed by atoms with van der Waals surface area (Å²) in [5, 5.41) is 2.41. The molecule has 1 N–H and O–H groups in total. The van der Waals surface area contributed by atoms with E-state index in [-0.39, 0.29) is 17.8 Å². The van der Waals surface area contributed by atoms with Gasteiger partial charge in [-0.15, -0.1) is 0 Å². The Hall–Kier alpha value is -2.31. The van der Waals surface area contributed by atoms with Gasteiger partial charge in [0.2, 0.25) is 0 Å². The Morgan fingerprint density at radius 3 is 2.70 bits per heavy atom. The van der Waals surface area contributed by atoms with Crippen LogP contribution in [0, 0.1) is 17.6 Å². The normalized spacial score (nSPS) is 19.1. The molecule has 1 amide bonds. The number of ether oxygens (including phenoxy) is 1. The lowest BCUT2D eigenvalue weighted by Crippen LogP contribution is -2.48. The topological polar surface area (TPSA) is 72.5 Å². The number of methoxy groups -OCH3 is 1. The molecule has 1 fully saturated rings. The summed E-state index contributed by atoms with van der Waals surface area (Å²) in [7, 11) is 1.17. The Kier molecular flexibility index (Phi) is 5.41. The average molecular weight is 325 g/mol. The first kappa shape index (κ1) is 17.1. The summed E-state index contributed by atoms with van der Waals surface area (Å²) in [6.07, 6.45) is 1.81. The largest absolute Gasteiger partial charge is 0.467 e. The summed E-state index contributed by atoms with van der Waals surface area (Å²) in [6, 6.07) is 1.50. The SMILES string of the molecule is COC(=O)[C@@H](NC(=O)c1ccc(F)cc1F)[C@@H]1CCCC(=O)C1. The van der Waals surface area contributed by atoms with Crippen LogP contribution in [-0.2, 0) is 14.3 Å². The van der Waals surface area contributed by atoms with Crippen molar-refractivity contribution in [2.24, 2.45) is 5.92 Å². The first-order valence-electron chi connectivity index (χ1n) is 7.28. The number of esters is 1. The zero-order chi connectivity index (χ0) is 17.0. The second-order valence-electron chi connectivity index (χ2n) is 5.49. The van der Waals surface area contributed by atoms with Crippen LogP contribution < -0.4 is 5.32 Å². The third-order valence-corrected chi connectivity index (χ3v) is 3.91.